The molecule has 29 heavy (non-hydrogen) atoms. The van der Waals surface area contributed by atoms with E-state index in [1.54, 1.807) is 11.6 Å². The number of nitrogens with zero attached hydrogens (tertiary/aromatic N) is 5. The number of non-ortho nitro benzene ring substituents is 1. The van der Waals surface area contributed by atoms with Gasteiger partial charge < -0.3 is 10.1 Å². The summed E-state index contributed by atoms with van der Waals surface area (Å²) in [5.41, 5.74) is 1.95. The Morgan fingerprint density at radius 3 is 2.66 bits per heavy atom. The van der Waals surface area contributed by atoms with Gasteiger partial charge in [-0.25, -0.2) is 0 Å². The van der Waals surface area contributed by atoms with Gasteiger partial charge in [-0.2, -0.15) is 4.68 Å². The number of hydrogen-bond donors (Lipinski definition) is 1. The van der Waals surface area contributed by atoms with Crippen LogP contribution in [0.25, 0.3) is 5.69 Å². The maximum absolute atomic E-state index is 12.6. The third-order valence-corrected chi connectivity index (χ3v) is 5.06. The molecule has 0 fully saturated rings. The van der Waals surface area contributed by atoms with Crippen LogP contribution in [0.3, 0.4) is 0 Å². The summed E-state index contributed by atoms with van der Waals surface area (Å²) in [6.07, 6.45) is 0. The van der Waals surface area contributed by atoms with Crippen molar-refractivity contribution in [3.63, 3.8) is 0 Å². The van der Waals surface area contributed by atoms with Gasteiger partial charge in [0.05, 0.1) is 28.7 Å². The number of anilines is 1. The molecule has 1 unspecified atom stereocenters. The summed E-state index contributed by atoms with van der Waals surface area (Å²) >= 11 is 1.17. The number of carbonyl (C=O) groups excluding carboxylic acids is 1. The molecule has 3 rings (SSSR count). The van der Waals surface area contributed by atoms with Crippen molar-refractivity contribution in [1.82, 2.24) is 20.2 Å². The van der Waals surface area contributed by atoms with Crippen LogP contribution in [0, 0.1) is 17.0 Å². The Hall–Kier alpha value is -3.47. The Kier molecular flexibility index (Phi) is 6.07. The van der Waals surface area contributed by atoms with Gasteiger partial charge >= 0.3 is 0 Å². The quantitative estimate of drug-likeness (QED) is 0.355. The van der Waals surface area contributed by atoms with E-state index in [2.05, 4.69) is 20.8 Å². The molecular formula is C18H18N6O4S. The monoisotopic (exact) mass is 414 g/mol. The van der Waals surface area contributed by atoms with Gasteiger partial charge in [0.25, 0.3) is 5.69 Å². The van der Waals surface area contributed by atoms with Crippen LogP contribution in [0.1, 0.15) is 12.5 Å². The highest BCUT2D eigenvalue weighted by Gasteiger charge is 2.21. The molecule has 1 atom stereocenters. The Balaban J connectivity index is 1.76. The van der Waals surface area contributed by atoms with Gasteiger partial charge in [0.2, 0.25) is 11.1 Å². The second-order valence-corrected chi connectivity index (χ2v) is 7.41. The number of nitro benzene ring substituents is 1. The third kappa shape index (κ3) is 4.69. The van der Waals surface area contributed by atoms with E-state index in [0.29, 0.717) is 10.9 Å². The predicted octanol–water partition coefficient (Wildman–Crippen LogP) is 3.01. The highest BCUT2D eigenvalue weighted by atomic mass is 32.2. The second kappa shape index (κ2) is 8.69. The number of hydrogen-bond acceptors (Lipinski definition) is 8. The summed E-state index contributed by atoms with van der Waals surface area (Å²) < 4.78 is 6.72. The van der Waals surface area contributed by atoms with Crippen LogP contribution in [0.15, 0.2) is 47.6 Å². The summed E-state index contributed by atoms with van der Waals surface area (Å²) in [5.74, 6) is -0.0436. The number of nitro groups is 1. The number of nitrogens with one attached hydrogen (secondary N) is 1. The molecule has 0 saturated carbocycles. The fourth-order valence-electron chi connectivity index (χ4n) is 2.45. The van der Waals surface area contributed by atoms with E-state index in [9.17, 15) is 14.9 Å². The first-order valence-electron chi connectivity index (χ1n) is 8.54. The fourth-order valence-corrected chi connectivity index (χ4v) is 3.26. The summed E-state index contributed by atoms with van der Waals surface area (Å²) in [5, 5.41) is 25.2. The summed E-state index contributed by atoms with van der Waals surface area (Å²) in [7, 11) is 1.42. The molecule has 1 amide bonds. The van der Waals surface area contributed by atoms with Crippen molar-refractivity contribution >= 4 is 29.0 Å². The standard InChI is InChI=1S/C18H18N6O4S/c1-11-4-6-13(7-5-11)23-18(20-21-22-23)29-12(2)17(25)19-15-10-14(24(26)27)8-9-16(15)28-3/h4-10,12H,1-3H3,(H,19,25). The average molecular weight is 414 g/mol. The van der Waals surface area contributed by atoms with Gasteiger partial charge in [-0.05, 0) is 42.5 Å². The van der Waals surface area contributed by atoms with Crippen molar-refractivity contribution in [3.8, 4) is 11.4 Å². The number of aryl methyl sites for hydroxylation is 1. The molecule has 1 aromatic heterocycles. The van der Waals surface area contributed by atoms with E-state index in [-0.39, 0.29) is 17.3 Å². The number of methoxy groups -OCH3 is 1. The van der Waals surface area contributed by atoms with E-state index in [0.717, 1.165) is 11.3 Å². The SMILES string of the molecule is COc1ccc([N+](=O)[O-])cc1NC(=O)C(C)Sc1nnnn1-c1ccc(C)cc1. The van der Waals surface area contributed by atoms with E-state index >= 15 is 0 Å². The van der Waals surface area contributed by atoms with Gasteiger partial charge in [-0.15, -0.1) is 5.10 Å². The van der Waals surface area contributed by atoms with Gasteiger partial charge in [0, 0.05) is 12.1 Å². The number of tetrazole rings is 1. The first kappa shape index (κ1) is 20.3. The zero-order valence-electron chi connectivity index (χ0n) is 15.9. The molecule has 150 valence electrons. The highest BCUT2D eigenvalue weighted by Crippen LogP contribution is 2.30. The number of thioether (sulfide) groups is 1. The molecular weight excluding hydrogens is 396 g/mol. The molecule has 0 bridgehead atoms. The van der Waals surface area contributed by atoms with Crippen molar-refractivity contribution in [2.24, 2.45) is 0 Å². The molecule has 0 aliphatic rings. The van der Waals surface area contributed by atoms with Crippen molar-refractivity contribution in [1.29, 1.82) is 0 Å². The topological polar surface area (TPSA) is 125 Å². The van der Waals surface area contributed by atoms with E-state index in [1.807, 2.05) is 31.2 Å². The minimum Gasteiger partial charge on any atom is -0.495 e. The predicted molar refractivity (Wildman–Crippen MR) is 107 cm³/mol. The number of carbonyl (C=O) groups is 1. The Morgan fingerprint density at radius 2 is 2.00 bits per heavy atom. The van der Waals surface area contributed by atoms with Gasteiger partial charge in [-0.3, -0.25) is 14.9 Å². The minimum absolute atomic E-state index is 0.148. The Labute approximate surface area is 170 Å². The molecule has 0 radical (unpaired) electrons. The van der Waals surface area contributed by atoms with Crippen molar-refractivity contribution in [2.45, 2.75) is 24.3 Å². The number of rotatable bonds is 7. The molecule has 0 spiro atoms. The van der Waals surface area contributed by atoms with Crippen LogP contribution in [0.4, 0.5) is 11.4 Å². The lowest BCUT2D eigenvalue weighted by Gasteiger charge is -2.14. The Bertz CT molecular complexity index is 1040. The lowest BCUT2D eigenvalue weighted by molar-refractivity contribution is -0.384. The maximum Gasteiger partial charge on any atom is 0.271 e. The Morgan fingerprint density at radius 1 is 1.28 bits per heavy atom. The lowest BCUT2D eigenvalue weighted by atomic mass is 10.2. The van der Waals surface area contributed by atoms with E-state index in [4.69, 9.17) is 4.74 Å². The minimum atomic E-state index is -0.575. The highest BCUT2D eigenvalue weighted by molar-refractivity contribution is 8.00. The average Bonchev–Trinajstić information content (AvgIpc) is 3.16. The van der Waals surface area contributed by atoms with Gasteiger partial charge in [0.1, 0.15) is 5.75 Å². The van der Waals surface area contributed by atoms with E-state index in [1.165, 1.54) is 37.1 Å². The fraction of sp³-hybridized carbons (Fsp3) is 0.222. The van der Waals surface area contributed by atoms with E-state index < -0.39 is 10.2 Å². The van der Waals surface area contributed by atoms with Crippen LogP contribution in [0.2, 0.25) is 0 Å². The number of ether oxygens (including phenoxy) is 1. The molecule has 1 N–H and O–H groups in total. The molecule has 3 aromatic rings. The third-order valence-electron chi connectivity index (χ3n) is 4.02. The number of benzene rings is 2. The maximum atomic E-state index is 12.6. The second-order valence-electron chi connectivity index (χ2n) is 6.10. The number of aromatic nitrogens is 4. The molecule has 0 aliphatic heterocycles. The summed E-state index contributed by atoms with van der Waals surface area (Å²) in [6, 6.07) is 11.6. The molecule has 2 aromatic carbocycles. The molecule has 11 heteroatoms. The largest absolute Gasteiger partial charge is 0.495 e. The van der Waals surface area contributed by atoms with Crippen molar-refractivity contribution in [2.75, 3.05) is 12.4 Å². The van der Waals surface area contributed by atoms with Gasteiger partial charge in [-0.1, -0.05) is 29.5 Å². The number of amides is 1. The lowest BCUT2D eigenvalue weighted by Crippen LogP contribution is -2.23. The van der Waals surface area contributed by atoms with Crippen LogP contribution in [-0.2, 0) is 4.79 Å². The first-order valence-corrected chi connectivity index (χ1v) is 9.42. The van der Waals surface area contributed by atoms with Crippen molar-refractivity contribution < 1.29 is 14.5 Å². The van der Waals surface area contributed by atoms with Crippen LogP contribution in [-0.4, -0.2) is 43.4 Å². The molecule has 1 heterocycles. The molecule has 0 saturated heterocycles. The zero-order chi connectivity index (χ0) is 21.0. The first-order chi connectivity index (χ1) is 13.9. The normalized spacial score (nSPS) is 11.7. The van der Waals surface area contributed by atoms with Gasteiger partial charge in [0.15, 0.2) is 0 Å². The summed E-state index contributed by atoms with van der Waals surface area (Å²) in [4.78, 5) is 23.1. The van der Waals surface area contributed by atoms with Crippen LogP contribution < -0.4 is 10.1 Å². The molecule has 0 aliphatic carbocycles. The van der Waals surface area contributed by atoms with Crippen LogP contribution in [0.5, 0.6) is 5.75 Å². The smallest absolute Gasteiger partial charge is 0.271 e. The molecule has 10 nitrogen and oxygen atoms in total. The summed E-state index contributed by atoms with van der Waals surface area (Å²) in [6.45, 7) is 3.67. The van der Waals surface area contributed by atoms with Crippen LogP contribution >= 0.6 is 11.8 Å². The zero-order valence-corrected chi connectivity index (χ0v) is 16.7. The van der Waals surface area contributed by atoms with Crippen molar-refractivity contribution in [3.05, 3.63) is 58.1 Å².